The number of rotatable bonds is 6. The highest BCUT2D eigenvalue weighted by molar-refractivity contribution is 5.97. The molecule has 0 aliphatic rings. The molecule has 0 saturated carbocycles. The molecule has 0 saturated heterocycles. The summed E-state index contributed by atoms with van der Waals surface area (Å²) < 4.78 is 9.81. The Morgan fingerprint density at radius 2 is 1.06 bits per heavy atom. The first-order valence-corrected chi connectivity index (χ1v) is 11.2. The molecule has 0 aliphatic carbocycles. The quantitative estimate of drug-likeness (QED) is 0.317. The van der Waals surface area contributed by atoms with Crippen molar-refractivity contribution in [3.05, 3.63) is 96.1 Å². The van der Waals surface area contributed by atoms with Gasteiger partial charge in [-0.2, -0.15) is 10.2 Å². The first-order valence-electron chi connectivity index (χ1n) is 11.2. The molecule has 0 spiro atoms. The van der Waals surface area contributed by atoms with Crippen LogP contribution in [0, 0.1) is 0 Å². The van der Waals surface area contributed by atoms with Gasteiger partial charge in [-0.15, -0.1) is 0 Å². The number of aromatic nitrogens is 4. The van der Waals surface area contributed by atoms with E-state index in [0.717, 1.165) is 22.5 Å². The number of carbonyl (C=O) groups excluding carboxylic acids is 2. The second-order valence-corrected chi connectivity index (χ2v) is 7.99. The number of methoxy groups -OCH3 is 2. The van der Waals surface area contributed by atoms with Crippen LogP contribution in [-0.2, 0) is 9.47 Å². The van der Waals surface area contributed by atoms with Gasteiger partial charge >= 0.3 is 11.9 Å². The molecule has 36 heavy (non-hydrogen) atoms. The lowest BCUT2D eigenvalue weighted by atomic mass is 10.0. The van der Waals surface area contributed by atoms with Gasteiger partial charge in [0.25, 0.3) is 0 Å². The minimum absolute atomic E-state index is 0.410. The van der Waals surface area contributed by atoms with Crippen LogP contribution in [0.1, 0.15) is 20.7 Å². The maximum absolute atomic E-state index is 12.2. The lowest BCUT2D eigenvalue weighted by Crippen LogP contribution is -2.03. The minimum atomic E-state index is -0.410. The average Bonchev–Trinajstić information content (AvgIpc) is 3.63. The summed E-state index contributed by atoms with van der Waals surface area (Å²) in [5.41, 5.74) is 6.95. The van der Waals surface area contributed by atoms with Crippen LogP contribution in [0.3, 0.4) is 0 Å². The maximum atomic E-state index is 12.2. The Bertz CT molecular complexity index is 1450. The Balaban J connectivity index is 1.46. The summed E-state index contributed by atoms with van der Waals surface area (Å²) in [7, 11) is 2.72. The monoisotopic (exact) mass is 478 g/mol. The zero-order chi connectivity index (χ0) is 25.1. The number of nitrogens with one attached hydrogen (secondary N) is 2. The third-order valence-electron chi connectivity index (χ3n) is 5.85. The lowest BCUT2D eigenvalue weighted by Gasteiger charge is -2.05. The summed E-state index contributed by atoms with van der Waals surface area (Å²) in [4.78, 5) is 24.3. The number of hydrogen-bond acceptors (Lipinski definition) is 6. The Morgan fingerprint density at radius 3 is 1.50 bits per heavy atom. The van der Waals surface area contributed by atoms with Crippen LogP contribution in [0.2, 0.25) is 0 Å². The number of aromatic amines is 2. The van der Waals surface area contributed by atoms with Gasteiger partial charge in [0.2, 0.25) is 0 Å². The summed E-state index contributed by atoms with van der Waals surface area (Å²) >= 11 is 0. The predicted octanol–water partition coefficient (Wildman–Crippen LogP) is 5.37. The van der Waals surface area contributed by atoms with Crippen molar-refractivity contribution in [1.29, 1.82) is 0 Å². The molecule has 0 bridgehead atoms. The van der Waals surface area contributed by atoms with Crippen molar-refractivity contribution in [2.45, 2.75) is 0 Å². The van der Waals surface area contributed by atoms with E-state index in [-0.39, 0.29) is 0 Å². The highest BCUT2D eigenvalue weighted by Crippen LogP contribution is 2.31. The van der Waals surface area contributed by atoms with Crippen molar-refractivity contribution in [2.75, 3.05) is 14.2 Å². The van der Waals surface area contributed by atoms with E-state index < -0.39 is 11.9 Å². The Labute approximate surface area is 206 Å². The zero-order valence-electron chi connectivity index (χ0n) is 19.6. The van der Waals surface area contributed by atoms with Crippen LogP contribution in [0.25, 0.3) is 45.0 Å². The molecule has 178 valence electrons. The number of esters is 2. The van der Waals surface area contributed by atoms with Gasteiger partial charge < -0.3 is 9.47 Å². The summed E-state index contributed by atoms with van der Waals surface area (Å²) in [6.45, 7) is 0. The van der Waals surface area contributed by atoms with Gasteiger partial charge in [0.05, 0.1) is 48.1 Å². The van der Waals surface area contributed by atoms with Crippen molar-refractivity contribution in [1.82, 2.24) is 20.4 Å². The Kier molecular flexibility index (Phi) is 6.15. The predicted molar refractivity (Wildman–Crippen MR) is 135 cm³/mol. The van der Waals surface area contributed by atoms with E-state index in [2.05, 4.69) is 20.4 Å². The molecule has 0 radical (unpaired) electrons. The number of benzene rings is 3. The molecule has 0 atom stereocenters. The van der Waals surface area contributed by atoms with Gasteiger partial charge in [-0.3, -0.25) is 10.2 Å². The number of H-pyrrole nitrogens is 2. The van der Waals surface area contributed by atoms with Gasteiger partial charge in [0.1, 0.15) is 0 Å². The van der Waals surface area contributed by atoms with Crippen LogP contribution >= 0.6 is 0 Å². The summed E-state index contributed by atoms with van der Waals surface area (Å²) in [6, 6.07) is 26.0. The van der Waals surface area contributed by atoms with E-state index in [1.54, 1.807) is 24.3 Å². The molecule has 8 heteroatoms. The second-order valence-electron chi connectivity index (χ2n) is 7.99. The number of nitrogens with zero attached hydrogens (tertiary/aromatic N) is 2. The average molecular weight is 479 g/mol. The zero-order valence-corrected chi connectivity index (χ0v) is 19.6. The summed E-state index contributed by atoms with van der Waals surface area (Å²) in [6.07, 6.45) is 0. The van der Waals surface area contributed by atoms with Gasteiger partial charge in [0, 0.05) is 22.3 Å². The van der Waals surface area contributed by atoms with E-state index in [0.29, 0.717) is 33.6 Å². The Morgan fingerprint density at radius 1 is 0.611 bits per heavy atom. The number of carbonyl (C=O) groups is 2. The van der Waals surface area contributed by atoms with Crippen LogP contribution in [0.15, 0.2) is 84.9 Å². The van der Waals surface area contributed by atoms with Crippen molar-refractivity contribution >= 4 is 11.9 Å². The highest BCUT2D eigenvalue weighted by atomic mass is 16.5. The first-order chi connectivity index (χ1) is 17.6. The molecule has 0 fully saturated rings. The molecule has 0 aliphatic heterocycles. The molecule has 8 nitrogen and oxygen atoms in total. The molecule has 5 aromatic rings. The molecular formula is C28H22N4O4. The standard InChI is InChI=1S/C28H22N4O4/c1-35-27(33)21-12-5-3-10-19(21)25-15-23(29-31-25)17-8-7-9-18(14-17)24-16-26(32-30-24)20-11-4-6-13-22(20)28(34)36-2/h3-16H,1-2H3,(H,29,31)(H,30,32). The highest BCUT2D eigenvalue weighted by Gasteiger charge is 2.17. The molecule has 2 aromatic heterocycles. The minimum Gasteiger partial charge on any atom is -0.465 e. The van der Waals surface area contributed by atoms with Crippen LogP contribution in [0.5, 0.6) is 0 Å². The van der Waals surface area contributed by atoms with E-state index in [4.69, 9.17) is 9.47 Å². The van der Waals surface area contributed by atoms with Gasteiger partial charge in [0.15, 0.2) is 0 Å². The smallest absolute Gasteiger partial charge is 0.338 e. The van der Waals surface area contributed by atoms with E-state index >= 15 is 0 Å². The van der Waals surface area contributed by atoms with Gasteiger partial charge in [-0.1, -0.05) is 54.6 Å². The normalized spacial score (nSPS) is 10.7. The first kappa shape index (κ1) is 22.8. The third kappa shape index (κ3) is 4.27. The summed E-state index contributed by atoms with van der Waals surface area (Å²) in [5, 5.41) is 15.0. The SMILES string of the molecule is COC(=O)c1ccccc1-c1cc(-c2cccc(-c3cc(-c4ccccc4C(=O)OC)[nH]n3)c2)n[nH]1. The largest absolute Gasteiger partial charge is 0.465 e. The molecular weight excluding hydrogens is 456 g/mol. The van der Waals surface area contributed by atoms with Gasteiger partial charge in [-0.05, 0) is 30.3 Å². The molecule has 2 heterocycles. The van der Waals surface area contributed by atoms with Crippen molar-refractivity contribution in [3.8, 4) is 45.0 Å². The van der Waals surface area contributed by atoms with Crippen LogP contribution in [0.4, 0.5) is 0 Å². The Hall–Kier alpha value is -4.98. The fourth-order valence-electron chi connectivity index (χ4n) is 4.06. The van der Waals surface area contributed by atoms with Crippen LogP contribution < -0.4 is 0 Å². The lowest BCUT2D eigenvalue weighted by molar-refractivity contribution is 0.0592. The van der Waals surface area contributed by atoms with Crippen molar-refractivity contribution < 1.29 is 19.1 Å². The van der Waals surface area contributed by atoms with E-state index in [1.165, 1.54) is 14.2 Å². The molecule has 0 amide bonds. The van der Waals surface area contributed by atoms with Crippen LogP contribution in [-0.4, -0.2) is 46.6 Å². The molecule has 3 aromatic carbocycles. The summed E-state index contributed by atoms with van der Waals surface area (Å²) in [5.74, 6) is -0.821. The molecule has 0 unspecified atom stereocenters. The topological polar surface area (TPSA) is 110 Å². The molecule has 5 rings (SSSR count). The fourth-order valence-corrected chi connectivity index (χ4v) is 4.06. The van der Waals surface area contributed by atoms with E-state index in [1.807, 2.05) is 60.7 Å². The fraction of sp³-hybridized carbons (Fsp3) is 0.0714. The number of hydrogen-bond donors (Lipinski definition) is 2. The van der Waals surface area contributed by atoms with E-state index in [9.17, 15) is 9.59 Å². The van der Waals surface area contributed by atoms with Gasteiger partial charge in [-0.25, -0.2) is 9.59 Å². The molecule has 2 N–H and O–H groups in total. The van der Waals surface area contributed by atoms with Crippen molar-refractivity contribution in [3.63, 3.8) is 0 Å². The van der Waals surface area contributed by atoms with Crippen molar-refractivity contribution in [2.24, 2.45) is 0 Å². The third-order valence-corrected chi connectivity index (χ3v) is 5.85. The number of ether oxygens (including phenoxy) is 2. The maximum Gasteiger partial charge on any atom is 0.338 e. The second kappa shape index (κ2) is 9.71.